The minimum Gasteiger partial charge on any atom is -0.487 e. The molecule has 2 nitrogen and oxygen atoms in total. The van der Waals surface area contributed by atoms with E-state index in [2.05, 4.69) is 15.9 Å². The van der Waals surface area contributed by atoms with Crippen LogP contribution in [0.25, 0.3) is 0 Å². The summed E-state index contributed by atoms with van der Waals surface area (Å²) in [5.41, 5.74) is 0.585. The van der Waals surface area contributed by atoms with Gasteiger partial charge in [0.25, 0.3) is 0 Å². The van der Waals surface area contributed by atoms with Gasteiger partial charge in [0.05, 0.1) is 0 Å². The van der Waals surface area contributed by atoms with E-state index in [1.165, 1.54) is 0 Å². The molecule has 0 saturated heterocycles. The Hall–Kier alpha value is -0.680. The third-order valence-electron chi connectivity index (χ3n) is 3.04. The number of benzene rings is 1. The van der Waals surface area contributed by atoms with Gasteiger partial charge in [-0.25, -0.2) is 8.78 Å². The molecule has 1 aromatic rings. The predicted molar refractivity (Wildman–Crippen MR) is 68.3 cm³/mol. The number of ether oxygens (including phenoxy) is 2. The number of aryl methyl sites for hydroxylation is 1. The van der Waals surface area contributed by atoms with Crippen molar-refractivity contribution < 1.29 is 18.3 Å². The zero-order chi connectivity index (χ0) is 13.3. The average Bonchev–Trinajstić information content (AvgIpc) is 2.32. The molecule has 1 aromatic carbocycles. The summed E-state index contributed by atoms with van der Waals surface area (Å²) >= 11 is 3.49. The summed E-state index contributed by atoms with van der Waals surface area (Å²) in [7, 11) is 0. The van der Waals surface area contributed by atoms with Gasteiger partial charge in [-0.15, -0.1) is 0 Å². The lowest BCUT2D eigenvalue weighted by Crippen LogP contribution is -2.52. The largest absolute Gasteiger partial charge is 0.487 e. The van der Waals surface area contributed by atoms with E-state index >= 15 is 0 Å². The molecule has 0 spiro atoms. The molecule has 3 atom stereocenters. The number of alkyl halides is 1. The molecule has 0 aliphatic heterocycles. The van der Waals surface area contributed by atoms with E-state index in [0.29, 0.717) is 17.9 Å². The van der Waals surface area contributed by atoms with Crippen LogP contribution in [0.15, 0.2) is 12.1 Å². The van der Waals surface area contributed by atoms with Crippen LogP contribution in [0.2, 0.25) is 0 Å². The van der Waals surface area contributed by atoms with Gasteiger partial charge < -0.3 is 9.47 Å². The maximum atomic E-state index is 13.2. The zero-order valence-electron chi connectivity index (χ0n) is 10.3. The fraction of sp³-hybridized carbons (Fsp3) is 0.538. The lowest BCUT2D eigenvalue weighted by Gasteiger charge is -2.41. The summed E-state index contributed by atoms with van der Waals surface area (Å²) in [4.78, 5) is 0.257. The SMILES string of the molecule is CCOC1C(Br)CC1Oc1cc(F)c(F)cc1C. The molecule has 100 valence electrons. The lowest BCUT2D eigenvalue weighted by atomic mass is 9.91. The van der Waals surface area contributed by atoms with E-state index in [1.807, 2.05) is 6.92 Å². The molecule has 3 unspecified atom stereocenters. The molecule has 0 bridgehead atoms. The van der Waals surface area contributed by atoms with Gasteiger partial charge in [-0.1, -0.05) is 15.9 Å². The average molecular weight is 321 g/mol. The Kier molecular flexibility index (Phi) is 4.22. The maximum absolute atomic E-state index is 13.2. The minimum absolute atomic E-state index is 0.0393. The number of halogens is 3. The highest BCUT2D eigenvalue weighted by Gasteiger charge is 2.42. The molecule has 0 amide bonds. The highest BCUT2D eigenvalue weighted by molar-refractivity contribution is 9.09. The van der Waals surface area contributed by atoms with Crippen molar-refractivity contribution in [2.24, 2.45) is 0 Å². The minimum atomic E-state index is -0.890. The quantitative estimate of drug-likeness (QED) is 0.789. The van der Waals surface area contributed by atoms with E-state index in [-0.39, 0.29) is 17.0 Å². The first-order chi connectivity index (χ1) is 8.52. The molecule has 18 heavy (non-hydrogen) atoms. The molecule has 0 N–H and O–H groups in total. The van der Waals surface area contributed by atoms with Gasteiger partial charge in [0.2, 0.25) is 0 Å². The summed E-state index contributed by atoms with van der Waals surface area (Å²) < 4.78 is 37.4. The van der Waals surface area contributed by atoms with Crippen LogP contribution in [0.4, 0.5) is 8.78 Å². The van der Waals surface area contributed by atoms with E-state index in [4.69, 9.17) is 9.47 Å². The van der Waals surface area contributed by atoms with Crippen molar-refractivity contribution in [3.8, 4) is 5.75 Å². The highest BCUT2D eigenvalue weighted by atomic mass is 79.9. The maximum Gasteiger partial charge on any atom is 0.162 e. The number of rotatable bonds is 4. The third kappa shape index (κ3) is 2.67. The Labute approximate surface area is 113 Å². The first kappa shape index (κ1) is 13.7. The van der Waals surface area contributed by atoms with Crippen LogP contribution in [0.1, 0.15) is 18.9 Å². The smallest absolute Gasteiger partial charge is 0.162 e. The Balaban J connectivity index is 2.08. The lowest BCUT2D eigenvalue weighted by molar-refractivity contribution is -0.0726. The molecule has 1 fully saturated rings. The van der Waals surface area contributed by atoms with Crippen LogP contribution in [0, 0.1) is 18.6 Å². The predicted octanol–water partition coefficient (Wildman–Crippen LogP) is 3.59. The zero-order valence-corrected chi connectivity index (χ0v) is 11.8. The first-order valence-corrected chi connectivity index (χ1v) is 6.82. The Morgan fingerprint density at radius 3 is 2.61 bits per heavy atom. The number of hydrogen-bond acceptors (Lipinski definition) is 2. The summed E-state index contributed by atoms with van der Waals surface area (Å²) in [6, 6.07) is 2.24. The molecule has 0 heterocycles. The van der Waals surface area contributed by atoms with Crippen molar-refractivity contribution in [2.45, 2.75) is 37.3 Å². The van der Waals surface area contributed by atoms with Crippen molar-refractivity contribution in [2.75, 3.05) is 6.61 Å². The molecular weight excluding hydrogens is 306 g/mol. The van der Waals surface area contributed by atoms with Crippen LogP contribution in [0.3, 0.4) is 0 Å². The Morgan fingerprint density at radius 2 is 2.00 bits per heavy atom. The monoisotopic (exact) mass is 320 g/mol. The Bertz CT molecular complexity index is 439. The fourth-order valence-corrected chi connectivity index (χ4v) is 2.83. The van der Waals surface area contributed by atoms with Crippen LogP contribution in [0.5, 0.6) is 5.75 Å². The van der Waals surface area contributed by atoms with Gasteiger partial charge in [0.15, 0.2) is 11.6 Å². The second-order valence-corrected chi connectivity index (χ2v) is 5.54. The van der Waals surface area contributed by atoms with E-state index in [1.54, 1.807) is 6.92 Å². The topological polar surface area (TPSA) is 18.5 Å². The van der Waals surface area contributed by atoms with Gasteiger partial charge in [-0.2, -0.15) is 0 Å². The van der Waals surface area contributed by atoms with Crippen LogP contribution < -0.4 is 4.74 Å². The standard InChI is InChI=1S/C13H15BrF2O2/c1-3-17-13-8(14)5-12(13)18-11-6-10(16)9(15)4-7(11)2/h4,6,8,12-13H,3,5H2,1-2H3. The van der Waals surface area contributed by atoms with Crippen molar-refractivity contribution in [3.05, 3.63) is 29.3 Å². The van der Waals surface area contributed by atoms with Crippen molar-refractivity contribution in [1.29, 1.82) is 0 Å². The van der Waals surface area contributed by atoms with Crippen LogP contribution in [-0.2, 0) is 4.74 Å². The molecule has 1 aliphatic carbocycles. The van der Waals surface area contributed by atoms with Gasteiger partial charge >= 0.3 is 0 Å². The summed E-state index contributed by atoms with van der Waals surface area (Å²) in [5, 5.41) is 0. The van der Waals surface area contributed by atoms with Crippen molar-refractivity contribution >= 4 is 15.9 Å². The molecule has 1 aliphatic rings. The van der Waals surface area contributed by atoms with Gasteiger partial charge in [-0.3, -0.25) is 0 Å². The van der Waals surface area contributed by atoms with E-state index < -0.39 is 11.6 Å². The van der Waals surface area contributed by atoms with E-state index in [0.717, 1.165) is 18.6 Å². The summed E-state index contributed by atoms with van der Waals surface area (Å²) in [6.07, 6.45) is 0.642. The van der Waals surface area contributed by atoms with Crippen molar-refractivity contribution in [3.63, 3.8) is 0 Å². The fourth-order valence-electron chi connectivity index (χ4n) is 1.96. The van der Waals surface area contributed by atoms with Crippen LogP contribution >= 0.6 is 15.9 Å². The molecule has 0 radical (unpaired) electrons. The van der Waals surface area contributed by atoms with Crippen LogP contribution in [-0.4, -0.2) is 23.6 Å². The highest BCUT2D eigenvalue weighted by Crippen LogP contribution is 2.35. The second-order valence-electron chi connectivity index (χ2n) is 4.36. The summed E-state index contributed by atoms with van der Waals surface area (Å²) in [5.74, 6) is -1.37. The van der Waals surface area contributed by atoms with E-state index in [9.17, 15) is 8.78 Å². The van der Waals surface area contributed by atoms with Gasteiger partial charge in [0, 0.05) is 23.9 Å². The molecule has 5 heteroatoms. The Morgan fingerprint density at radius 1 is 1.33 bits per heavy atom. The van der Waals surface area contributed by atoms with Gasteiger partial charge in [0.1, 0.15) is 18.0 Å². The molecular formula is C13H15BrF2O2. The normalized spacial score (nSPS) is 26.8. The molecule has 1 saturated carbocycles. The molecule has 0 aromatic heterocycles. The van der Waals surface area contributed by atoms with Gasteiger partial charge in [-0.05, 0) is 25.5 Å². The third-order valence-corrected chi connectivity index (χ3v) is 3.93. The first-order valence-electron chi connectivity index (χ1n) is 5.91. The second kappa shape index (κ2) is 5.53. The summed E-state index contributed by atoms with van der Waals surface area (Å²) in [6.45, 7) is 4.21. The number of hydrogen-bond donors (Lipinski definition) is 0. The molecule has 2 rings (SSSR count). The van der Waals surface area contributed by atoms with Crippen molar-refractivity contribution in [1.82, 2.24) is 0 Å².